The second-order valence-corrected chi connectivity index (χ2v) is 4.72. The Morgan fingerprint density at radius 2 is 2.05 bits per heavy atom. The Morgan fingerprint density at radius 3 is 2.67 bits per heavy atom. The first-order valence-corrected chi connectivity index (χ1v) is 6.17. The lowest BCUT2D eigenvalue weighted by atomic mass is 10.0. The second-order valence-electron chi connectivity index (χ2n) is 4.72. The fourth-order valence-corrected chi connectivity index (χ4v) is 2.25. The number of benzene rings is 1. The maximum Gasteiger partial charge on any atom is 0.416 e. The van der Waals surface area contributed by atoms with Crippen LogP contribution in [0.1, 0.15) is 11.1 Å². The smallest absolute Gasteiger partial charge is 0.416 e. The summed E-state index contributed by atoms with van der Waals surface area (Å²) >= 11 is 0. The van der Waals surface area contributed by atoms with Crippen LogP contribution < -0.4 is 5.32 Å². The standard InChI is InChI=1S/C13H13F3N2O3/c14-13(15,16)9-4-2-1-3-8(9)6-18-7-11(19)17-5-10(18)12(20)21/h1-4,10H,5-7H2,(H,17,19)(H,20,21). The Hall–Kier alpha value is -2.09. The molecule has 1 unspecified atom stereocenters. The van der Waals surface area contributed by atoms with Gasteiger partial charge in [0.1, 0.15) is 6.04 Å². The van der Waals surface area contributed by atoms with Crippen molar-refractivity contribution < 1.29 is 27.9 Å². The van der Waals surface area contributed by atoms with Crippen molar-refractivity contribution in [1.82, 2.24) is 10.2 Å². The van der Waals surface area contributed by atoms with Gasteiger partial charge in [0.2, 0.25) is 5.91 Å². The summed E-state index contributed by atoms with van der Waals surface area (Å²) in [6, 6.07) is 3.90. The van der Waals surface area contributed by atoms with Crippen LogP contribution in [0.25, 0.3) is 0 Å². The summed E-state index contributed by atoms with van der Waals surface area (Å²) in [5, 5.41) is 11.5. The highest BCUT2D eigenvalue weighted by Gasteiger charge is 2.36. The topological polar surface area (TPSA) is 69.6 Å². The molecule has 1 heterocycles. The van der Waals surface area contributed by atoms with E-state index >= 15 is 0 Å². The molecule has 0 radical (unpaired) electrons. The molecule has 0 saturated carbocycles. The molecule has 21 heavy (non-hydrogen) atoms. The summed E-state index contributed by atoms with van der Waals surface area (Å²) in [6.45, 7) is -0.619. The van der Waals surface area contributed by atoms with Gasteiger partial charge in [-0.3, -0.25) is 14.5 Å². The van der Waals surface area contributed by atoms with Gasteiger partial charge in [-0.05, 0) is 11.6 Å². The molecule has 0 aromatic heterocycles. The molecule has 2 rings (SSSR count). The SMILES string of the molecule is O=C1CN(Cc2ccccc2C(F)(F)F)C(C(=O)O)CN1. The first kappa shape index (κ1) is 15.3. The monoisotopic (exact) mass is 302 g/mol. The summed E-state index contributed by atoms with van der Waals surface area (Å²) in [5.74, 6) is -1.59. The number of carboxylic acid groups (broad SMARTS) is 1. The molecule has 0 bridgehead atoms. The van der Waals surface area contributed by atoms with Gasteiger partial charge >= 0.3 is 12.1 Å². The van der Waals surface area contributed by atoms with Crippen LogP contribution in [0.2, 0.25) is 0 Å². The third-order valence-corrected chi connectivity index (χ3v) is 3.26. The van der Waals surface area contributed by atoms with Crippen molar-refractivity contribution in [2.75, 3.05) is 13.1 Å². The van der Waals surface area contributed by atoms with Gasteiger partial charge in [-0.1, -0.05) is 18.2 Å². The van der Waals surface area contributed by atoms with Crippen LogP contribution in [0.15, 0.2) is 24.3 Å². The highest BCUT2D eigenvalue weighted by Crippen LogP contribution is 2.32. The molecule has 1 fully saturated rings. The molecule has 1 aliphatic rings. The van der Waals surface area contributed by atoms with E-state index in [1.807, 2.05) is 0 Å². The number of halogens is 3. The molecule has 114 valence electrons. The van der Waals surface area contributed by atoms with Crippen molar-refractivity contribution in [3.05, 3.63) is 35.4 Å². The lowest BCUT2D eigenvalue weighted by Crippen LogP contribution is -2.57. The van der Waals surface area contributed by atoms with Crippen molar-refractivity contribution in [1.29, 1.82) is 0 Å². The highest BCUT2D eigenvalue weighted by molar-refractivity contribution is 5.83. The molecule has 8 heteroatoms. The first-order valence-electron chi connectivity index (χ1n) is 6.17. The fourth-order valence-electron chi connectivity index (χ4n) is 2.25. The number of rotatable bonds is 3. The Balaban J connectivity index is 2.27. The summed E-state index contributed by atoms with van der Waals surface area (Å²) in [6.07, 6.45) is -4.52. The number of alkyl halides is 3. The van der Waals surface area contributed by atoms with Gasteiger partial charge in [-0.2, -0.15) is 13.2 Å². The Labute approximate surface area is 118 Å². The van der Waals surface area contributed by atoms with Gasteiger partial charge in [-0.15, -0.1) is 0 Å². The van der Waals surface area contributed by atoms with Gasteiger partial charge in [0, 0.05) is 13.1 Å². The number of carbonyl (C=O) groups excluding carboxylic acids is 1. The van der Waals surface area contributed by atoms with Crippen LogP contribution in [-0.2, 0) is 22.3 Å². The molecular formula is C13H13F3N2O3. The molecule has 0 aliphatic carbocycles. The number of hydrogen-bond acceptors (Lipinski definition) is 3. The summed E-state index contributed by atoms with van der Waals surface area (Å²) in [4.78, 5) is 23.7. The van der Waals surface area contributed by atoms with Gasteiger partial charge in [0.05, 0.1) is 12.1 Å². The molecule has 1 aliphatic heterocycles. The van der Waals surface area contributed by atoms with Crippen LogP contribution in [0, 0.1) is 0 Å². The molecule has 1 amide bonds. The Kier molecular flexibility index (Phi) is 4.17. The van der Waals surface area contributed by atoms with E-state index in [0.29, 0.717) is 0 Å². The summed E-state index contributed by atoms with van der Waals surface area (Å²) in [7, 11) is 0. The van der Waals surface area contributed by atoms with E-state index < -0.39 is 29.7 Å². The van der Waals surface area contributed by atoms with Crippen molar-refractivity contribution >= 4 is 11.9 Å². The number of carbonyl (C=O) groups is 2. The maximum atomic E-state index is 12.9. The van der Waals surface area contributed by atoms with Crippen molar-refractivity contribution in [3.8, 4) is 0 Å². The van der Waals surface area contributed by atoms with Crippen LogP contribution in [-0.4, -0.2) is 41.0 Å². The third-order valence-electron chi connectivity index (χ3n) is 3.26. The molecular weight excluding hydrogens is 289 g/mol. The van der Waals surface area contributed by atoms with E-state index in [-0.39, 0.29) is 25.2 Å². The minimum atomic E-state index is -4.52. The van der Waals surface area contributed by atoms with E-state index in [1.165, 1.54) is 23.1 Å². The van der Waals surface area contributed by atoms with Crippen molar-refractivity contribution in [2.45, 2.75) is 18.8 Å². The minimum Gasteiger partial charge on any atom is -0.480 e. The zero-order valence-corrected chi connectivity index (χ0v) is 10.9. The van der Waals surface area contributed by atoms with E-state index in [2.05, 4.69) is 5.32 Å². The van der Waals surface area contributed by atoms with E-state index in [4.69, 9.17) is 5.11 Å². The average Bonchev–Trinajstić information content (AvgIpc) is 2.37. The van der Waals surface area contributed by atoms with Crippen LogP contribution >= 0.6 is 0 Å². The van der Waals surface area contributed by atoms with Crippen LogP contribution in [0.5, 0.6) is 0 Å². The number of amides is 1. The van der Waals surface area contributed by atoms with Crippen LogP contribution in [0.4, 0.5) is 13.2 Å². The number of nitrogens with one attached hydrogen (secondary N) is 1. The van der Waals surface area contributed by atoms with Gasteiger partial charge in [-0.25, -0.2) is 0 Å². The predicted molar refractivity (Wildman–Crippen MR) is 66.3 cm³/mol. The predicted octanol–water partition coefficient (Wildman–Crippen LogP) is 1.09. The molecule has 1 atom stereocenters. The lowest BCUT2D eigenvalue weighted by molar-refractivity contribution is -0.146. The molecule has 1 aromatic rings. The van der Waals surface area contributed by atoms with Crippen molar-refractivity contribution in [3.63, 3.8) is 0 Å². The quantitative estimate of drug-likeness (QED) is 0.877. The normalized spacial score (nSPS) is 20.1. The molecule has 1 saturated heterocycles. The summed E-state index contributed by atoms with van der Waals surface area (Å²) < 4.78 is 38.8. The number of aliphatic carboxylic acids is 1. The molecule has 0 spiro atoms. The summed E-state index contributed by atoms with van der Waals surface area (Å²) in [5.41, 5.74) is -0.869. The minimum absolute atomic E-state index is 0.0500. The van der Waals surface area contributed by atoms with Gasteiger partial charge in [0.25, 0.3) is 0 Å². The second kappa shape index (κ2) is 5.72. The van der Waals surface area contributed by atoms with E-state index in [1.54, 1.807) is 0 Å². The largest absolute Gasteiger partial charge is 0.480 e. The zero-order chi connectivity index (χ0) is 15.6. The van der Waals surface area contributed by atoms with E-state index in [9.17, 15) is 22.8 Å². The van der Waals surface area contributed by atoms with Gasteiger partial charge < -0.3 is 10.4 Å². The van der Waals surface area contributed by atoms with Crippen molar-refractivity contribution in [2.24, 2.45) is 0 Å². The fraction of sp³-hybridized carbons (Fsp3) is 0.385. The Bertz CT molecular complexity index is 560. The highest BCUT2D eigenvalue weighted by atomic mass is 19.4. The molecule has 1 aromatic carbocycles. The first-order chi connectivity index (χ1) is 9.79. The number of nitrogens with zero attached hydrogens (tertiary/aromatic N) is 1. The zero-order valence-electron chi connectivity index (χ0n) is 10.9. The van der Waals surface area contributed by atoms with Gasteiger partial charge in [0.15, 0.2) is 0 Å². The van der Waals surface area contributed by atoms with E-state index in [0.717, 1.165) is 6.07 Å². The number of carboxylic acids is 1. The average molecular weight is 302 g/mol. The molecule has 5 nitrogen and oxygen atoms in total. The van der Waals surface area contributed by atoms with Crippen LogP contribution in [0.3, 0.4) is 0 Å². The maximum absolute atomic E-state index is 12.9. The third kappa shape index (κ3) is 3.52. The molecule has 2 N–H and O–H groups in total. The Morgan fingerprint density at radius 1 is 1.38 bits per heavy atom. The number of hydrogen-bond donors (Lipinski definition) is 2. The number of piperazine rings is 1. The lowest BCUT2D eigenvalue weighted by Gasteiger charge is -2.33.